The van der Waals surface area contributed by atoms with Gasteiger partial charge < -0.3 is 14.8 Å². The molecule has 2 heterocycles. The molecule has 1 saturated carbocycles. The van der Waals surface area contributed by atoms with E-state index in [1.54, 1.807) is 12.4 Å². The molecule has 7 heteroatoms. The Labute approximate surface area is 106 Å². The van der Waals surface area contributed by atoms with Crippen LogP contribution in [0.25, 0.3) is 0 Å². The van der Waals surface area contributed by atoms with Crippen molar-refractivity contribution in [3.05, 3.63) is 12.4 Å². The van der Waals surface area contributed by atoms with Crippen LogP contribution in [0.3, 0.4) is 0 Å². The standard InChI is InChI=1S/C11H13BN4O2/c12-7-3-13-11(14-4-7)16-5-8(6-16)15-18-10-1-9(17)2-10/h3-4,9-10,17H,1-2,5-6H2. The Morgan fingerprint density at radius 3 is 2.61 bits per heavy atom. The molecular formula is C11H13BN4O2. The van der Waals surface area contributed by atoms with Crippen molar-refractivity contribution in [2.24, 2.45) is 5.16 Å². The minimum absolute atomic E-state index is 0.0781. The van der Waals surface area contributed by atoms with Crippen molar-refractivity contribution in [1.82, 2.24) is 9.97 Å². The van der Waals surface area contributed by atoms with Crippen LogP contribution in [0.2, 0.25) is 0 Å². The molecule has 2 fully saturated rings. The molecule has 0 atom stereocenters. The quantitative estimate of drug-likeness (QED) is 0.544. The van der Waals surface area contributed by atoms with Crippen molar-refractivity contribution >= 4 is 25.0 Å². The van der Waals surface area contributed by atoms with E-state index in [2.05, 4.69) is 15.1 Å². The predicted octanol–water partition coefficient (Wildman–Crippen LogP) is -1.01. The third-order valence-electron chi connectivity index (χ3n) is 3.09. The van der Waals surface area contributed by atoms with Gasteiger partial charge in [-0.2, -0.15) is 0 Å². The number of hydrogen-bond donors (Lipinski definition) is 1. The summed E-state index contributed by atoms with van der Waals surface area (Å²) in [7, 11) is 5.52. The molecule has 1 aromatic heterocycles. The normalized spacial score (nSPS) is 26.3. The molecule has 1 aromatic rings. The van der Waals surface area contributed by atoms with E-state index >= 15 is 0 Å². The number of hydrogen-bond acceptors (Lipinski definition) is 6. The summed E-state index contributed by atoms with van der Waals surface area (Å²) in [4.78, 5) is 15.5. The highest BCUT2D eigenvalue weighted by atomic mass is 16.6. The molecule has 2 aliphatic rings. The number of rotatable bonds is 3. The molecule has 1 N–H and O–H groups in total. The van der Waals surface area contributed by atoms with Gasteiger partial charge in [0.1, 0.15) is 14.0 Å². The van der Waals surface area contributed by atoms with E-state index in [1.807, 2.05) is 4.90 Å². The lowest BCUT2D eigenvalue weighted by Gasteiger charge is -2.33. The Balaban J connectivity index is 1.47. The molecule has 18 heavy (non-hydrogen) atoms. The highest BCUT2D eigenvalue weighted by Gasteiger charge is 2.30. The summed E-state index contributed by atoms with van der Waals surface area (Å²) in [5, 5.41) is 13.2. The second-order valence-corrected chi connectivity index (χ2v) is 4.68. The second kappa shape index (κ2) is 4.57. The van der Waals surface area contributed by atoms with Crippen LogP contribution >= 0.6 is 0 Å². The maximum atomic E-state index is 9.10. The van der Waals surface area contributed by atoms with E-state index in [0.717, 1.165) is 5.71 Å². The van der Waals surface area contributed by atoms with Crippen molar-refractivity contribution in [3.63, 3.8) is 0 Å². The number of aliphatic hydroxyl groups is 1. The lowest BCUT2D eigenvalue weighted by atomic mass is 9.93. The number of nitrogens with zero attached hydrogens (tertiary/aromatic N) is 4. The van der Waals surface area contributed by atoms with Crippen LogP contribution in [0.15, 0.2) is 17.5 Å². The number of anilines is 1. The monoisotopic (exact) mass is 244 g/mol. The molecular weight excluding hydrogens is 231 g/mol. The zero-order chi connectivity index (χ0) is 12.5. The van der Waals surface area contributed by atoms with Gasteiger partial charge in [0.2, 0.25) is 5.95 Å². The van der Waals surface area contributed by atoms with E-state index in [4.69, 9.17) is 17.8 Å². The Hall–Kier alpha value is -1.63. The summed E-state index contributed by atoms with van der Waals surface area (Å²) in [6, 6.07) is 0. The Kier molecular flexibility index (Phi) is 2.91. The zero-order valence-electron chi connectivity index (χ0n) is 9.86. The fourth-order valence-electron chi connectivity index (χ4n) is 1.86. The maximum Gasteiger partial charge on any atom is 0.225 e. The molecule has 3 rings (SSSR count). The largest absolute Gasteiger partial charge is 0.393 e. The molecule has 0 aromatic carbocycles. The van der Waals surface area contributed by atoms with Crippen LogP contribution in [0, 0.1) is 0 Å². The fourth-order valence-corrected chi connectivity index (χ4v) is 1.86. The SMILES string of the molecule is [B]c1cnc(N2CC(=NOC3CC(O)C3)C2)nc1. The lowest BCUT2D eigenvalue weighted by Crippen LogP contribution is -2.49. The molecule has 2 radical (unpaired) electrons. The van der Waals surface area contributed by atoms with Crippen molar-refractivity contribution in [2.75, 3.05) is 18.0 Å². The summed E-state index contributed by atoms with van der Waals surface area (Å²) in [6.45, 7) is 1.36. The highest BCUT2D eigenvalue weighted by molar-refractivity contribution is 6.31. The van der Waals surface area contributed by atoms with Gasteiger partial charge in [-0.25, -0.2) is 9.97 Å². The summed E-state index contributed by atoms with van der Waals surface area (Å²) in [6.07, 6.45) is 4.40. The summed E-state index contributed by atoms with van der Waals surface area (Å²) >= 11 is 0. The first-order chi connectivity index (χ1) is 8.70. The Bertz CT molecular complexity index is 451. The summed E-state index contributed by atoms with van der Waals surface area (Å²) in [5.74, 6) is 0.655. The summed E-state index contributed by atoms with van der Waals surface area (Å²) in [5.41, 5.74) is 1.52. The van der Waals surface area contributed by atoms with Crippen molar-refractivity contribution in [3.8, 4) is 0 Å². The van der Waals surface area contributed by atoms with Crippen LogP contribution in [0.5, 0.6) is 0 Å². The van der Waals surface area contributed by atoms with Gasteiger partial charge in [-0.15, -0.1) is 0 Å². The van der Waals surface area contributed by atoms with E-state index in [1.165, 1.54) is 0 Å². The van der Waals surface area contributed by atoms with Gasteiger partial charge >= 0.3 is 0 Å². The van der Waals surface area contributed by atoms with Gasteiger partial charge in [0, 0.05) is 25.2 Å². The Morgan fingerprint density at radius 1 is 1.33 bits per heavy atom. The smallest absolute Gasteiger partial charge is 0.225 e. The highest BCUT2D eigenvalue weighted by Crippen LogP contribution is 2.23. The third-order valence-corrected chi connectivity index (χ3v) is 3.09. The third kappa shape index (κ3) is 2.31. The van der Waals surface area contributed by atoms with Crippen LogP contribution in [0.4, 0.5) is 5.95 Å². The fraction of sp³-hybridized carbons (Fsp3) is 0.545. The van der Waals surface area contributed by atoms with Gasteiger partial charge in [-0.05, 0) is 0 Å². The van der Waals surface area contributed by atoms with Gasteiger partial charge in [0.15, 0.2) is 0 Å². The van der Waals surface area contributed by atoms with E-state index < -0.39 is 0 Å². The van der Waals surface area contributed by atoms with E-state index in [-0.39, 0.29) is 12.2 Å². The zero-order valence-corrected chi connectivity index (χ0v) is 9.86. The van der Waals surface area contributed by atoms with Crippen LogP contribution in [-0.2, 0) is 4.84 Å². The average molecular weight is 244 g/mol. The molecule has 0 unspecified atom stereocenters. The topological polar surface area (TPSA) is 70.8 Å². The maximum absolute atomic E-state index is 9.10. The number of aromatic nitrogens is 2. The van der Waals surface area contributed by atoms with Gasteiger partial charge in [0.05, 0.1) is 24.9 Å². The van der Waals surface area contributed by atoms with Crippen molar-refractivity contribution in [2.45, 2.75) is 25.0 Å². The molecule has 0 amide bonds. The first kappa shape index (κ1) is 11.5. The lowest BCUT2D eigenvalue weighted by molar-refractivity contribution is -0.0698. The van der Waals surface area contributed by atoms with Gasteiger partial charge in [0.25, 0.3) is 0 Å². The molecule has 1 aliphatic carbocycles. The van der Waals surface area contributed by atoms with Gasteiger partial charge in [-0.3, -0.25) is 0 Å². The van der Waals surface area contributed by atoms with Crippen LogP contribution in [0.1, 0.15) is 12.8 Å². The van der Waals surface area contributed by atoms with Crippen LogP contribution < -0.4 is 10.4 Å². The minimum atomic E-state index is -0.212. The summed E-state index contributed by atoms with van der Waals surface area (Å²) < 4.78 is 0. The first-order valence-corrected chi connectivity index (χ1v) is 5.93. The van der Waals surface area contributed by atoms with Gasteiger partial charge in [-0.1, -0.05) is 10.6 Å². The predicted molar refractivity (Wildman–Crippen MR) is 67.2 cm³/mol. The molecule has 1 saturated heterocycles. The van der Waals surface area contributed by atoms with Crippen LogP contribution in [-0.4, -0.2) is 53.9 Å². The first-order valence-electron chi connectivity index (χ1n) is 5.93. The van der Waals surface area contributed by atoms with Crippen molar-refractivity contribution < 1.29 is 9.94 Å². The number of aliphatic hydroxyl groups excluding tert-OH is 1. The second-order valence-electron chi connectivity index (χ2n) is 4.68. The molecule has 0 spiro atoms. The Morgan fingerprint density at radius 2 is 2.00 bits per heavy atom. The van der Waals surface area contributed by atoms with Crippen molar-refractivity contribution in [1.29, 1.82) is 0 Å². The number of oxime groups is 1. The molecule has 92 valence electrons. The average Bonchev–Trinajstić information content (AvgIpc) is 2.26. The van der Waals surface area contributed by atoms with E-state index in [0.29, 0.717) is 37.3 Å². The molecule has 6 nitrogen and oxygen atoms in total. The molecule has 0 bridgehead atoms. The van der Waals surface area contributed by atoms with E-state index in [9.17, 15) is 0 Å². The molecule has 1 aliphatic heterocycles. The minimum Gasteiger partial charge on any atom is -0.393 e.